The minimum absolute atomic E-state index is 0.0348. The highest BCUT2D eigenvalue weighted by Crippen LogP contribution is 2.26. The lowest BCUT2D eigenvalue weighted by molar-refractivity contribution is 0.329. The Kier molecular flexibility index (Phi) is 4.84. The molecule has 1 unspecified atom stereocenters. The predicted octanol–water partition coefficient (Wildman–Crippen LogP) is 1.82. The first-order valence-corrected chi connectivity index (χ1v) is 5.80. The third-order valence-corrected chi connectivity index (χ3v) is 2.61. The Labute approximate surface area is 103 Å². The van der Waals surface area contributed by atoms with Crippen molar-refractivity contribution in [2.45, 2.75) is 39.7 Å². The van der Waals surface area contributed by atoms with Crippen LogP contribution >= 0.6 is 0 Å². The highest BCUT2D eigenvalue weighted by molar-refractivity contribution is 5.13. The minimum atomic E-state index is 0.0348. The molecule has 5 nitrogen and oxygen atoms in total. The van der Waals surface area contributed by atoms with E-state index in [9.17, 15) is 0 Å². The molecule has 1 heterocycles. The summed E-state index contributed by atoms with van der Waals surface area (Å²) >= 11 is 0. The summed E-state index contributed by atoms with van der Waals surface area (Å²) in [7, 11) is 1.57. The fourth-order valence-corrected chi connectivity index (χ4v) is 1.52. The quantitative estimate of drug-likeness (QED) is 0.604. The third-order valence-electron chi connectivity index (χ3n) is 2.61. The van der Waals surface area contributed by atoms with Crippen LogP contribution in [0.4, 0.5) is 0 Å². The highest BCUT2D eigenvalue weighted by atomic mass is 16.5. The zero-order chi connectivity index (χ0) is 12.9. The van der Waals surface area contributed by atoms with E-state index in [0.29, 0.717) is 5.88 Å². The van der Waals surface area contributed by atoms with Gasteiger partial charge in [-0.25, -0.2) is 0 Å². The Bertz CT molecular complexity index is 331. The molecule has 0 saturated carbocycles. The Morgan fingerprint density at radius 1 is 1.35 bits per heavy atom. The smallest absolute Gasteiger partial charge is 0.233 e. The van der Waals surface area contributed by atoms with Crippen molar-refractivity contribution >= 4 is 0 Å². The first-order chi connectivity index (χ1) is 7.96. The number of aromatic nitrogens is 2. The van der Waals surface area contributed by atoms with Gasteiger partial charge in [0.15, 0.2) is 0 Å². The van der Waals surface area contributed by atoms with E-state index in [1.54, 1.807) is 13.2 Å². The summed E-state index contributed by atoms with van der Waals surface area (Å²) in [6.07, 6.45) is 2.00. The van der Waals surface area contributed by atoms with Gasteiger partial charge >= 0.3 is 0 Å². The summed E-state index contributed by atoms with van der Waals surface area (Å²) in [5, 5.41) is 8.05. The van der Waals surface area contributed by atoms with Gasteiger partial charge in [0.1, 0.15) is 0 Å². The van der Waals surface area contributed by atoms with E-state index >= 15 is 0 Å². The van der Waals surface area contributed by atoms with Gasteiger partial charge in [-0.3, -0.25) is 11.3 Å². The van der Waals surface area contributed by atoms with Crippen LogP contribution in [0, 0.1) is 5.41 Å². The predicted molar refractivity (Wildman–Crippen MR) is 67.3 cm³/mol. The number of rotatable bonds is 5. The molecule has 0 amide bonds. The van der Waals surface area contributed by atoms with Gasteiger partial charge in [-0.2, -0.15) is 5.10 Å². The largest absolute Gasteiger partial charge is 0.480 e. The first kappa shape index (κ1) is 13.9. The van der Waals surface area contributed by atoms with E-state index in [1.807, 2.05) is 6.07 Å². The molecule has 0 aliphatic heterocycles. The summed E-state index contributed by atoms with van der Waals surface area (Å²) in [5.41, 5.74) is 3.92. The van der Waals surface area contributed by atoms with Crippen LogP contribution in [0.1, 0.15) is 45.3 Å². The molecule has 0 bridgehead atoms. The molecule has 1 atom stereocenters. The number of methoxy groups -OCH3 is 1. The summed E-state index contributed by atoms with van der Waals surface area (Å²) < 4.78 is 4.97. The van der Waals surface area contributed by atoms with Gasteiger partial charge in [0.2, 0.25) is 5.88 Å². The molecule has 3 N–H and O–H groups in total. The molecule has 1 rings (SSSR count). The van der Waals surface area contributed by atoms with Crippen molar-refractivity contribution in [1.29, 1.82) is 0 Å². The standard InChI is InChI=1S/C12H22N4O/c1-12(2,3)8-7-9(14-13)10-5-6-11(17-4)16-15-10/h5-6,9,14H,7-8,13H2,1-4H3. The number of nitrogens with two attached hydrogens (primary N) is 1. The molecule has 0 radical (unpaired) electrons. The number of nitrogens with one attached hydrogen (secondary N) is 1. The molecule has 96 valence electrons. The second kappa shape index (κ2) is 5.93. The van der Waals surface area contributed by atoms with Gasteiger partial charge < -0.3 is 4.74 Å². The molecular formula is C12H22N4O. The van der Waals surface area contributed by atoms with Crippen molar-refractivity contribution in [3.05, 3.63) is 17.8 Å². The molecule has 0 saturated heterocycles. The zero-order valence-corrected chi connectivity index (χ0v) is 11.0. The van der Waals surface area contributed by atoms with Gasteiger partial charge in [0.25, 0.3) is 0 Å². The van der Waals surface area contributed by atoms with Crippen LogP contribution < -0.4 is 16.0 Å². The number of ether oxygens (including phenoxy) is 1. The van der Waals surface area contributed by atoms with E-state index in [4.69, 9.17) is 10.6 Å². The van der Waals surface area contributed by atoms with Crippen molar-refractivity contribution in [2.75, 3.05) is 7.11 Å². The van der Waals surface area contributed by atoms with E-state index in [0.717, 1.165) is 18.5 Å². The number of nitrogens with zero attached hydrogens (tertiary/aromatic N) is 2. The van der Waals surface area contributed by atoms with Gasteiger partial charge in [-0.15, -0.1) is 5.10 Å². The van der Waals surface area contributed by atoms with Gasteiger partial charge in [-0.05, 0) is 24.3 Å². The van der Waals surface area contributed by atoms with Crippen molar-refractivity contribution in [3.8, 4) is 5.88 Å². The van der Waals surface area contributed by atoms with Crippen molar-refractivity contribution < 1.29 is 4.74 Å². The zero-order valence-electron chi connectivity index (χ0n) is 11.0. The van der Waals surface area contributed by atoms with E-state index in [1.165, 1.54) is 0 Å². The summed E-state index contributed by atoms with van der Waals surface area (Å²) in [5.74, 6) is 6.07. The Morgan fingerprint density at radius 2 is 2.06 bits per heavy atom. The molecule has 0 aromatic carbocycles. The molecular weight excluding hydrogens is 216 g/mol. The topological polar surface area (TPSA) is 73.1 Å². The first-order valence-electron chi connectivity index (χ1n) is 5.80. The van der Waals surface area contributed by atoms with Gasteiger partial charge in [-0.1, -0.05) is 20.8 Å². The molecule has 0 aliphatic rings. The summed E-state index contributed by atoms with van der Waals surface area (Å²) in [4.78, 5) is 0. The Hall–Kier alpha value is -1.20. The van der Waals surface area contributed by atoms with Crippen molar-refractivity contribution in [3.63, 3.8) is 0 Å². The maximum atomic E-state index is 5.56. The normalized spacial score (nSPS) is 13.5. The molecule has 1 aromatic heterocycles. The second-order valence-corrected chi connectivity index (χ2v) is 5.32. The maximum absolute atomic E-state index is 5.56. The third kappa shape index (κ3) is 4.66. The molecule has 0 fully saturated rings. The molecule has 1 aromatic rings. The summed E-state index contributed by atoms with van der Waals surface area (Å²) in [6.45, 7) is 6.63. The van der Waals surface area contributed by atoms with Crippen LogP contribution in [0.3, 0.4) is 0 Å². The van der Waals surface area contributed by atoms with E-state index in [2.05, 4.69) is 36.4 Å². The monoisotopic (exact) mass is 238 g/mol. The molecule has 5 heteroatoms. The lowest BCUT2D eigenvalue weighted by Crippen LogP contribution is -2.29. The van der Waals surface area contributed by atoms with Crippen LogP contribution in [-0.4, -0.2) is 17.3 Å². The van der Waals surface area contributed by atoms with Crippen molar-refractivity contribution in [1.82, 2.24) is 15.6 Å². The van der Waals surface area contributed by atoms with E-state index in [-0.39, 0.29) is 11.5 Å². The van der Waals surface area contributed by atoms with Crippen LogP contribution in [0.2, 0.25) is 0 Å². The van der Waals surface area contributed by atoms with Crippen LogP contribution in [0.5, 0.6) is 5.88 Å². The highest BCUT2D eigenvalue weighted by Gasteiger charge is 2.17. The SMILES string of the molecule is COc1ccc(C(CCC(C)(C)C)NN)nn1. The molecule has 17 heavy (non-hydrogen) atoms. The Morgan fingerprint density at radius 3 is 2.47 bits per heavy atom. The summed E-state index contributed by atoms with van der Waals surface area (Å²) in [6, 6.07) is 3.72. The number of hydrogen-bond acceptors (Lipinski definition) is 5. The average Bonchev–Trinajstić information content (AvgIpc) is 2.29. The van der Waals surface area contributed by atoms with Gasteiger partial charge in [0, 0.05) is 6.07 Å². The van der Waals surface area contributed by atoms with Crippen LogP contribution in [0.25, 0.3) is 0 Å². The van der Waals surface area contributed by atoms with Crippen LogP contribution in [0.15, 0.2) is 12.1 Å². The second-order valence-electron chi connectivity index (χ2n) is 5.32. The average molecular weight is 238 g/mol. The number of hydrogen-bond donors (Lipinski definition) is 2. The van der Waals surface area contributed by atoms with E-state index < -0.39 is 0 Å². The lowest BCUT2D eigenvalue weighted by Gasteiger charge is -2.22. The molecule has 0 spiro atoms. The number of hydrazine groups is 1. The van der Waals surface area contributed by atoms with Crippen molar-refractivity contribution in [2.24, 2.45) is 11.3 Å². The fourth-order valence-electron chi connectivity index (χ4n) is 1.52. The minimum Gasteiger partial charge on any atom is -0.480 e. The fraction of sp³-hybridized carbons (Fsp3) is 0.667. The molecule has 0 aliphatic carbocycles. The lowest BCUT2D eigenvalue weighted by atomic mass is 9.88. The Balaban J connectivity index is 2.66. The van der Waals surface area contributed by atoms with Gasteiger partial charge in [0.05, 0.1) is 18.8 Å². The van der Waals surface area contributed by atoms with Crippen LogP contribution in [-0.2, 0) is 0 Å². The maximum Gasteiger partial charge on any atom is 0.233 e.